The summed E-state index contributed by atoms with van der Waals surface area (Å²) in [4.78, 5) is 22.8. The van der Waals surface area contributed by atoms with Crippen LogP contribution in [0.4, 0.5) is 5.69 Å². The van der Waals surface area contributed by atoms with Crippen LogP contribution >= 0.6 is 11.6 Å². The number of hydrogen-bond acceptors (Lipinski definition) is 3. The Kier molecular flexibility index (Phi) is 4.48. The minimum absolute atomic E-state index is 0.387. The Bertz CT molecular complexity index is 611. The van der Waals surface area contributed by atoms with Crippen LogP contribution in [0.25, 0.3) is 0 Å². The third-order valence-electron chi connectivity index (χ3n) is 1.93. The maximum Gasteiger partial charge on any atom is 0.343 e. The van der Waals surface area contributed by atoms with E-state index in [0.717, 1.165) is 5.56 Å². The fourth-order valence-electron chi connectivity index (χ4n) is 1.10. The number of nitrogens with one attached hydrogen (secondary N) is 1. The molecule has 1 aromatic carbocycles. The Morgan fingerprint density at radius 1 is 1.33 bits per heavy atom. The van der Waals surface area contributed by atoms with Crippen molar-refractivity contribution in [3.8, 4) is 0 Å². The number of anilines is 1. The molecular weight excluding hydrogens is 276 g/mol. The molecule has 0 bridgehead atoms. The first-order valence-electron chi connectivity index (χ1n) is 4.97. The number of nitrogens with zero attached hydrogens (tertiary/aromatic N) is 1. The van der Waals surface area contributed by atoms with Gasteiger partial charge in [0.2, 0.25) is 0 Å². The summed E-state index contributed by atoms with van der Waals surface area (Å²) in [6.45, 7) is 1.82. The van der Waals surface area contributed by atoms with E-state index in [1.54, 1.807) is 12.1 Å². The monoisotopic (exact) mass is 288 g/mol. The minimum Gasteiger partial charge on any atom is -0.318 e. The lowest BCUT2D eigenvalue weighted by Gasteiger charge is -2.04. The van der Waals surface area contributed by atoms with Gasteiger partial charge >= 0.3 is 11.8 Å². The average molecular weight is 289 g/mol. The third-order valence-corrected chi connectivity index (χ3v) is 2.94. The van der Waals surface area contributed by atoms with Crippen molar-refractivity contribution in [2.45, 2.75) is 6.92 Å². The first-order valence-corrected chi connectivity index (χ1v) is 7.68. The predicted octanol–water partition coefficient (Wildman–Crippen LogP) is 1.84. The Hall–Kier alpha value is -1.40. The smallest absolute Gasteiger partial charge is 0.318 e. The molecule has 1 N–H and O–H groups in total. The van der Waals surface area contributed by atoms with Gasteiger partial charge in [0.05, 0.1) is 0 Å². The molecular formula is C11H13ClN2O3S. The molecule has 0 aromatic heterocycles. The number of halogens is 1. The van der Waals surface area contributed by atoms with E-state index in [-0.39, 0.29) is 0 Å². The maximum absolute atomic E-state index is 11.5. The molecule has 0 aliphatic heterocycles. The van der Waals surface area contributed by atoms with Crippen molar-refractivity contribution in [1.29, 1.82) is 0 Å². The van der Waals surface area contributed by atoms with Gasteiger partial charge in [0, 0.05) is 33.0 Å². The van der Waals surface area contributed by atoms with Crippen LogP contribution in [0.5, 0.6) is 0 Å². The van der Waals surface area contributed by atoms with Crippen molar-refractivity contribution in [1.82, 2.24) is 0 Å². The Morgan fingerprint density at radius 2 is 1.94 bits per heavy atom. The van der Waals surface area contributed by atoms with Crippen LogP contribution in [-0.4, -0.2) is 28.5 Å². The summed E-state index contributed by atoms with van der Waals surface area (Å²) in [5, 5.41) is 2.82. The summed E-state index contributed by atoms with van der Waals surface area (Å²) in [6, 6.07) is 4.85. The first-order chi connectivity index (χ1) is 8.19. The molecule has 18 heavy (non-hydrogen) atoms. The fourth-order valence-corrected chi connectivity index (χ4v) is 1.76. The summed E-state index contributed by atoms with van der Waals surface area (Å²) in [6.07, 6.45) is 2.56. The molecule has 0 fully saturated rings. The van der Waals surface area contributed by atoms with E-state index in [2.05, 4.69) is 9.68 Å². The van der Waals surface area contributed by atoms with Gasteiger partial charge in [0.25, 0.3) is 0 Å². The Labute approximate surface area is 111 Å². The van der Waals surface area contributed by atoms with Crippen LogP contribution in [0.2, 0.25) is 5.02 Å². The normalized spacial score (nSPS) is 10.9. The van der Waals surface area contributed by atoms with Crippen molar-refractivity contribution in [2.75, 3.05) is 17.8 Å². The van der Waals surface area contributed by atoms with E-state index in [9.17, 15) is 13.8 Å². The lowest BCUT2D eigenvalue weighted by Crippen LogP contribution is -2.22. The predicted molar refractivity (Wildman–Crippen MR) is 72.2 cm³/mol. The van der Waals surface area contributed by atoms with Gasteiger partial charge in [-0.15, -0.1) is 0 Å². The van der Waals surface area contributed by atoms with Gasteiger partial charge in [-0.05, 0) is 24.6 Å². The molecule has 0 unspecified atom stereocenters. The fraction of sp³-hybridized carbons (Fsp3) is 0.273. The minimum atomic E-state index is -2.64. The molecule has 0 heterocycles. The number of rotatable bonds is 1. The lowest BCUT2D eigenvalue weighted by atomic mass is 10.2. The van der Waals surface area contributed by atoms with Gasteiger partial charge < -0.3 is 5.32 Å². The average Bonchev–Trinajstić information content (AvgIpc) is 2.21. The number of carbonyl (C=O) groups excluding carboxylic acids is 2. The van der Waals surface area contributed by atoms with Gasteiger partial charge in [-0.3, -0.25) is 9.59 Å². The number of amides is 2. The van der Waals surface area contributed by atoms with Gasteiger partial charge in [0.1, 0.15) is 0 Å². The molecule has 1 aromatic rings. The molecule has 0 aliphatic carbocycles. The number of carbonyl (C=O) groups is 2. The van der Waals surface area contributed by atoms with E-state index >= 15 is 0 Å². The lowest BCUT2D eigenvalue weighted by molar-refractivity contribution is -0.133. The standard InChI is InChI=1S/C11H13ClN2O3S/c1-7-4-5-8(6-9(7)12)13-10(15)11(16)14-18(2,3)17/h4-6H,1-3H3,(H,13,15). The van der Waals surface area contributed by atoms with Crippen molar-refractivity contribution < 1.29 is 13.8 Å². The summed E-state index contributed by atoms with van der Waals surface area (Å²) < 4.78 is 14.6. The second kappa shape index (κ2) is 5.49. The van der Waals surface area contributed by atoms with Crippen LogP contribution in [-0.2, 0) is 19.3 Å². The van der Waals surface area contributed by atoms with Crippen LogP contribution in [0.3, 0.4) is 0 Å². The zero-order valence-electron chi connectivity index (χ0n) is 10.2. The molecule has 2 amide bonds. The van der Waals surface area contributed by atoms with Gasteiger partial charge in [-0.25, -0.2) is 4.21 Å². The number of aryl methyl sites for hydroxylation is 1. The van der Waals surface area contributed by atoms with Crippen LogP contribution < -0.4 is 5.32 Å². The second-order valence-electron chi connectivity index (χ2n) is 4.00. The van der Waals surface area contributed by atoms with Gasteiger partial charge in [-0.1, -0.05) is 17.7 Å². The zero-order valence-corrected chi connectivity index (χ0v) is 11.8. The molecule has 1 rings (SSSR count). The third kappa shape index (κ3) is 4.46. The summed E-state index contributed by atoms with van der Waals surface area (Å²) in [5.74, 6) is -2.01. The first kappa shape index (κ1) is 14.7. The van der Waals surface area contributed by atoms with E-state index in [0.29, 0.717) is 10.7 Å². The molecule has 5 nitrogen and oxygen atoms in total. The van der Waals surface area contributed by atoms with E-state index in [4.69, 9.17) is 11.6 Å². The van der Waals surface area contributed by atoms with E-state index in [1.165, 1.54) is 18.6 Å². The van der Waals surface area contributed by atoms with Crippen molar-refractivity contribution in [2.24, 2.45) is 4.36 Å². The highest BCUT2D eigenvalue weighted by molar-refractivity contribution is 7.92. The van der Waals surface area contributed by atoms with Crippen LogP contribution in [0, 0.1) is 6.92 Å². The molecule has 0 saturated heterocycles. The summed E-state index contributed by atoms with van der Waals surface area (Å²) in [7, 11) is -2.64. The number of hydrogen-bond donors (Lipinski definition) is 1. The highest BCUT2D eigenvalue weighted by Gasteiger charge is 2.14. The van der Waals surface area contributed by atoms with Crippen molar-refractivity contribution in [3.05, 3.63) is 28.8 Å². The zero-order chi connectivity index (χ0) is 13.9. The van der Waals surface area contributed by atoms with Crippen molar-refractivity contribution >= 4 is 38.8 Å². The molecule has 7 heteroatoms. The highest BCUT2D eigenvalue weighted by Crippen LogP contribution is 2.19. The molecule has 0 atom stereocenters. The second-order valence-corrected chi connectivity index (χ2v) is 6.95. The van der Waals surface area contributed by atoms with Crippen LogP contribution in [0.1, 0.15) is 5.56 Å². The molecule has 0 saturated carbocycles. The molecule has 98 valence electrons. The SMILES string of the molecule is Cc1ccc(NC(=O)C(=O)N=S(C)(C)=O)cc1Cl. The number of benzene rings is 1. The van der Waals surface area contributed by atoms with E-state index in [1.807, 2.05) is 6.92 Å². The highest BCUT2D eigenvalue weighted by atomic mass is 35.5. The summed E-state index contributed by atoms with van der Waals surface area (Å²) in [5.41, 5.74) is 1.24. The van der Waals surface area contributed by atoms with Gasteiger partial charge in [-0.2, -0.15) is 4.36 Å². The molecule has 0 radical (unpaired) electrons. The van der Waals surface area contributed by atoms with Crippen LogP contribution in [0.15, 0.2) is 22.6 Å². The van der Waals surface area contributed by atoms with Crippen molar-refractivity contribution in [3.63, 3.8) is 0 Å². The largest absolute Gasteiger partial charge is 0.343 e. The topological polar surface area (TPSA) is 75.6 Å². The summed E-state index contributed by atoms with van der Waals surface area (Å²) >= 11 is 5.88. The Morgan fingerprint density at radius 3 is 2.44 bits per heavy atom. The van der Waals surface area contributed by atoms with Gasteiger partial charge in [0.15, 0.2) is 0 Å². The van der Waals surface area contributed by atoms with E-state index < -0.39 is 21.5 Å². The molecule has 0 spiro atoms. The maximum atomic E-state index is 11.5. The quantitative estimate of drug-likeness (QED) is 0.801. The Balaban J connectivity index is 2.86. The molecule has 0 aliphatic rings.